The number of carbonyl (C=O) groups is 1. The molecule has 0 saturated carbocycles. The molecule has 0 N–H and O–H groups in total. The Balaban J connectivity index is 1.89. The second-order valence-electron chi connectivity index (χ2n) is 7.72. The molecular weight excluding hydrogens is 396 g/mol. The third kappa shape index (κ3) is 5.25. The number of thioether (sulfide) groups is 1. The molecule has 0 radical (unpaired) electrons. The number of rotatable bonds is 7. The lowest BCUT2D eigenvalue weighted by molar-refractivity contribution is -0.123. The fourth-order valence-electron chi connectivity index (χ4n) is 2.93. The quantitative estimate of drug-likeness (QED) is 0.532. The highest BCUT2D eigenvalue weighted by Crippen LogP contribution is 2.36. The number of amides is 1. The monoisotopic (exact) mass is 424 g/mol. The van der Waals surface area contributed by atoms with Crippen LogP contribution >= 0.6 is 11.8 Å². The van der Waals surface area contributed by atoms with Crippen LogP contribution in [-0.2, 0) is 4.79 Å². The second-order valence-corrected chi connectivity index (χ2v) is 8.73. The number of aliphatic imine (C=N–C) groups is 1. The molecule has 1 heterocycles. The standard InChI is InChI=1S/C24H28N2O3S/c1-16(2)15-29-20-12-11-18(13-21(20)28-5)14-22-23(27)26(17(3)4)24(30-22)25-19-9-7-6-8-10-19/h6-14,16-17H,15H2,1-5H3/b22-14+,25-24?. The van der Waals surface area contributed by atoms with Crippen LogP contribution in [0.4, 0.5) is 5.69 Å². The van der Waals surface area contributed by atoms with Gasteiger partial charge in [0.15, 0.2) is 16.7 Å². The lowest BCUT2D eigenvalue weighted by Gasteiger charge is -2.19. The highest BCUT2D eigenvalue weighted by Gasteiger charge is 2.35. The zero-order chi connectivity index (χ0) is 21.7. The number of methoxy groups -OCH3 is 1. The van der Waals surface area contributed by atoms with Crippen LogP contribution < -0.4 is 9.47 Å². The SMILES string of the molecule is COc1cc(/C=C2/SC(=Nc3ccccc3)N(C(C)C)C2=O)ccc1OCC(C)C. The summed E-state index contributed by atoms with van der Waals surface area (Å²) in [4.78, 5) is 20.1. The minimum Gasteiger partial charge on any atom is -0.493 e. The van der Waals surface area contributed by atoms with Gasteiger partial charge < -0.3 is 9.47 Å². The Morgan fingerprint density at radius 2 is 1.80 bits per heavy atom. The first-order valence-corrected chi connectivity index (χ1v) is 10.9. The number of hydrogen-bond acceptors (Lipinski definition) is 5. The van der Waals surface area contributed by atoms with Gasteiger partial charge in [0, 0.05) is 6.04 Å². The van der Waals surface area contributed by atoms with E-state index in [9.17, 15) is 4.79 Å². The van der Waals surface area contributed by atoms with E-state index in [0.29, 0.717) is 34.1 Å². The fraction of sp³-hybridized carbons (Fsp3) is 0.333. The molecule has 0 bridgehead atoms. The molecule has 6 heteroatoms. The van der Waals surface area contributed by atoms with Crippen molar-refractivity contribution in [3.63, 3.8) is 0 Å². The van der Waals surface area contributed by atoms with Crippen LogP contribution in [-0.4, -0.2) is 35.7 Å². The Morgan fingerprint density at radius 3 is 2.43 bits per heavy atom. The van der Waals surface area contributed by atoms with Gasteiger partial charge in [-0.2, -0.15) is 0 Å². The number of carbonyl (C=O) groups excluding carboxylic acids is 1. The van der Waals surface area contributed by atoms with E-state index >= 15 is 0 Å². The number of nitrogens with zero attached hydrogens (tertiary/aromatic N) is 2. The van der Waals surface area contributed by atoms with Crippen molar-refractivity contribution in [2.24, 2.45) is 10.9 Å². The molecule has 2 aromatic rings. The Kier molecular flexibility index (Phi) is 7.21. The Morgan fingerprint density at radius 1 is 1.07 bits per heavy atom. The molecule has 1 aliphatic rings. The molecular formula is C24H28N2O3S. The molecule has 0 spiro atoms. The van der Waals surface area contributed by atoms with Crippen molar-refractivity contribution in [2.75, 3.05) is 13.7 Å². The number of hydrogen-bond donors (Lipinski definition) is 0. The van der Waals surface area contributed by atoms with E-state index < -0.39 is 0 Å². The Labute approximate surface area is 182 Å². The molecule has 1 saturated heterocycles. The summed E-state index contributed by atoms with van der Waals surface area (Å²) in [6, 6.07) is 15.4. The van der Waals surface area contributed by atoms with Gasteiger partial charge in [0.2, 0.25) is 0 Å². The zero-order valence-electron chi connectivity index (χ0n) is 18.1. The number of amidine groups is 1. The van der Waals surface area contributed by atoms with E-state index in [0.717, 1.165) is 11.3 Å². The molecule has 0 aromatic heterocycles. The van der Waals surface area contributed by atoms with E-state index in [-0.39, 0.29) is 11.9 Å². The molecule has 0 aliphatic carbocycles. The summed E-state index contributed by atoms with van der Waals surface area (Å²) in [5, 5.41) is 0.691. The van der Waals surface area contributed by atoms with Crippen molar-refractivity contribution < 1.29 is 14.3 Å². The maximum Gasteiger partial charge on any atom is 0.266 e. The van der Waals surface area contributed by atoms with Crippen LogP contribution in [0.3, 0.4) is 0 Å². The normalized spacial score (nSPS) is 16.9. The molecule has 0 atom stereocenters. The maximum atomic E-state index is 13.1. The summed E-state index contributed by atoms with van der Waals surface area (Å²) >= 11 is 1.39. The summed E-state index contributed by atoms with van der Waals surface area (Å²) in [6.45, 7) is 8.80. The van der Waals surface area contributed by atoms with Crippen molar-refractivity contribution in [1.82, 2.24) is 4.90 Å². The highest BCUT2D eigenvalue weighted by molar-refractivity contribution is 8.18. The molecule has 5 nitrogen and oxygen atoms in total. The van der Waals surface area contributed by atoms with Crippen LogP contribution in [0, 0.1) is 5.92 Å². The maximum absolute atomic E-state index is 13.1. The van der Waals surface area contributed by atoms with Gasteiger partial charge in [0.25, 0.3) is 5.91 Å². The van der Waals surface area contributed by atoms with Gasteiger partial charge in [0.1, 0.15) is 0 Å². The third-order valence-electron chi connectivity index (χ3n) is 4.39. The van der Waals surface area contributed by atoms with Crippen LogP contribution in [0.5, 0.6) is 11.5 Å². The molecule has 158 valence electrons. The molecule has 3 rings (SSSR count). The van der Waals surface area contributed by atoms with E-state index in [2.05, 4.69) is 13.8 Å². The average molecular weight is 425 g/mol. The van der Waals surface area contributed by atoms with Gasteiger partial charge in [-0.15, -0.1) is 0 Å². The van der Waals surface area contributed by atoms with Crippen molar-refractivity contribution in [1.29, 1.82) is 0 Å². The molecule has 1 aliphatic heterocycles. The predicted molar refractivity (Wildman–Crippen MR) is 124 cm³/mol. The van der Waals surface area contributed by atoms with Crippen LogP contribution in [0.15, 0.2) is 58.4 Å². The second kappa shape index (κ2) is 9.85. The number of ether oxygens (including phenoxy) is 2. The van der Waals surface area contributed by atoms with Crippen molar-refractivity contribution in [3.05, 3.63) is 59.0 Å². The number of benzene rings is 2. The first-order valence-electron chi connectivity index (χ1n) is 10.1. The largest absolute Gasteiger partial charge is 0.493 e. The molecule has 1 amide bonds. The Hall–Kier alpha value is -2.73. The van der Waals surface area contributed by atoms with Crippen LogP contribution in [0.2, 0.25) is 0 Å². The fourth-order valence-corrected chi connectivity index (χ4v) is 4.05. The van der Waals surface area contributed by atoms with Crippen molar-refractivity contribution >= 4 is 34.6 Å². The first kappa shape index (κ1) is 22.0. The predicted octanol–water partition coefficient (Wildman–Crippen LogP) is 5.74. The first-order chi connectivity index (χ1) is 14.4. The van der Waals surface area contributed by atoms with Gasteiger partial charge >= 0.3 is 0 Å². The van der Waals surface area contributed by atoms with Gasteiger partial charge in [-0.1, -0.05) is 38.1 Å². The zero-order valence-corrected chi connectivity index (χ0v) is 18.9. The van der Waals surface area contributed by atoms with E-state index in [1.165, 1.54) is 11.8 Å². The van der Waals surface area contributed by atoms with Gasteiger partial charge in [-0.25, -0.2) is 4.99 Å². The lowest BCUT2D eigenvalue weighted by Crippen LogP contribution is -2.35. The van der Waals surface area contributed by atoms with Crippen molar-refractivity contribution in [3.8, 4) is 11.5 Å². The van der Waals surface area contributed by atoms with Crippen molar-refractivity contribution in [2.45, 2.75) is 33.7 Å². The summed E-state index contributed by atoms with van der Waals surface area (Å²) in [5.74, 6) is 1.74. The highest BCUT2D eigenvalue weighted by atomic mass is 32.2. The van der Waals surface area contributed by atoms with Gasteiger partial charge in [-0.05, 0) is 67.4 Å². The summed E-state index contributed by atoms with van der Waals surface area (Å²) in [7, 11) is 1.62. The van der Waals surface area contributed by atoms with E-state index in [1.807, 2.05) is 68.5 Å². The lowest BCUT2D eigenvalue weighted by atomic mass is 10.1. The van der Waals surface area contributed by atoms with E-state index in [4.69, 9.17) is 14.5 Å². The summed E-state index contributed by atoms with van der Waals surface area (Å²) < 4.78 is 11.3. The van der Waals surface area contributed by atoms with Gasteiger partial charge in [0.05, 0.1) is 24.3 Å². The topological polar surface area (TPSA) is 51.1 Å². The molecule has 1 fully saturated rings. The van der Waals surface area contributed by atoms with Crippen LogP contribution in [0.25, 0.3) is 6.08 Å². The average Bonchev–Trinajstić information content (AvgIpc) is 3.02. The summed E-state index contributed by atoms with van der Waals surface area (Å²) in [5.41, 5.74) is 1.71. The molecule has 0 unspecified atom stereocenters. The Bertz CT molecular complexity index is 952. The smallest absolute Gasteiger partial charge is 0.266 e. The minimum atomic E-state index is -0.0382. The van der Waals surface area contributed by atoms with Crippen LogP contribution in [0.1, 0.15) is 33.3 Å². The van der Waals surface area contributed by atoms with Gasteiger partial charge in [-0.3, -0.25) is 9.69 Å². The minimum absolute atomic E-state index is 0.0136. The number of para-hydroxylation sites is 1. The molecule has 2 aromatic carbocycles. The van der Waals surface area contributed by atoms with E-state index in [1.54, 1.807) is 12.0 Å². The molecule has 30 heavy (non-hydrogen) atoms. The third-order valence-corrected chi connectivity index (χ3v) is 5.37. The summed E-state index contributed by atoms with van der Waals surface area (Å²) in [6.07, 6.45) is 1.88.